The fourth-order valence-electron chi connectivity index (χ4n) is 2.37. The number of nitrogens with zero attached hydrogens (tertiary/aromatic N) is 3. The van der Waals surface area contributed by atoms with Gasteiger partial charge in [-0.25, -0.2) is 9.67 Å². The number of carbonyl (C=O) groups is 1. The Bertz CT molecular complexity index is 820. The Morgan fingerprint density at radius 2 is 2.29 bits per heavy atom. The molecule has 0 bridgehead atoms. The lowest BCUT2D eigenvalue weighted by Gasteiger charge is -2.13. The van der Waals surface area contributed by atoms with Crippen LogP contribution in [-0.4, -0.2) is 20.7 Å². The van der Waals surface area contributed by atoms with E-state index in [0.29, 0.717) is 23.2 Å². The molecule has 3 aromatic rings. The van der Waals surface area contributed by atoms with Gasteiger partial charge >= 0.3 is 0 Å². The third-order valence-corrected chi connectivity index (χ3v) is 4.76. The number of aryl methyl sites for hydroxylation is 1. The highest BCUT2D eigenvalue weighted by Gasteiger charge is 2.17. The number of nitrogens with one attached hydrogen (secondary N) is 1. The van der Waals surface area contributed by atoms with E-state index in [9.17, 15) is 4.79 Å². The zero-order valence-electron chi connectivity index (χ0n) is 13.9. The van der Waals surface area contributed by atoms with Crippen LogP contribution in [0.15, 0.2) is 34.2 Å². The molecule has 0 aliphatic carbocycles. The lowest BCUT2D eigenvalue weighted by Crippen LogP contribution is -2.19. The third-order valence-electron chi connectivity index (χ3n) is 3.90. The average molecular weight is 344 g/mol. The zero-order chi connectivity index (χ0) is 17.1. The highest BCUT2D eigenvalue weighted by atomic mass is 32.1. The van der Waals surface area contributed by atoms with E-state index in [2.05, 4.69) is 29.2 Å². The summed E-state index contributed by atoms with van der Waals surface area (Å²) in [4.78, 5) is 17.8. The van der Waals surface area contributed by atoms with Crippen LogP contribution in [0.5, 0.6) is 0 Å². The minimum Gasteiger partial charge on any atom is -0.440 e. The maximum atomic E-state index is 12.4. The maximum absolute atomic E-state index is 12.4. The molecule has 126 valence electrons. The van der Waals surface area contributed by atoms with Crippen LogP contribution >= 0.6 is 11.3 Å². The van der Waals surface area contributed by atoms with Gasteiger partial charge in [0.1, 0.15) is 11.6 Å². The van der Waals surface area contributed by atoms with Crippen molar-refractivity contribution < 1.29 is 9.21 Å². The predicted molar refractivity (Wildman–Crippen MR) is 94.1 cm³/mol. The number of anilines is 1. The first-order chi connectivity index (χ1) is 11.6. The van der Waals surface area contributed by atoms with E-state index in [1.54, 1.807) is 23.6 Å². The summed E-state index contributed by atoms with van der Waals surface area (Å²) in [7, 11) is 0. The first-order valence-corrected chi connectivity index (χ1v) is 8.80. The number of rotatable bonds is 6. The van der Waals surface area contributed by atoms with Crippen LogP contribution in [0.4, 0.5) is 5.82 Å². The highest BCUT2D eigenvalue weighted by molar-refractivity contribution is 7.13. The Hall–Kier alpha value is -2.41. The molecule has 7 heteroatoms. The monoisotopic (exact) mass is 344 g/mol. The smallest absolute Gasteiger partial charge is 0.236 e. The molecular weight excluding hydrogens is 324 g/mol. The summed E-state index contributed by atoms with van der Waals surface area (Å²) in [5.74, 6) is 1.81. The summed E-state index contributed by atoms with van der Waals surface area (Å²) in [5.41, 5.74) is 0.658. The number of thiophene rings is 1. The second-order valence-electron chi connectivity index (χ2n) is 5.64. The molecule has 3 rings (SSSR count). The Morgan fingerprint density at radius 3 is 3.00 bits per heavy atom. The molecule has 24 heavy (non-hydrogen) atoms. The third kappa shape index (κ3) is 3.41. The van der Waals surface area contributed by atoms with Crippen molar-refractivity contribution in [3.63, 3.8) is 0 Å². The van der Waals surface area contributed by atoms with Crippen molar-refractivity contribution in [1.82, 2.24) is 14.8 Å². The Kier molecular flexibility index (Phi) is 4.80. The fraction of sp³-hybridized carbons (Fsp3) is 0.353. The molecular formula is C17H20N4O2S. The molecule has 0 aromatic carbocycles. The van der Waals surface area contributed by atoms with Gasteiger partial charge in [-0.1, -0.05) is 13.0 Å². The van der Waals surface area contributed by atoms with Crippen molar-refractivity contribution in [2.45, 2.75) is 39.7 Å². The molecule has 0 saturated heterocycles. The molecule has 1 atom stereocenters. The molecule has 0 aliphatic rings. The van der Waals surface area contributed by atoms with Crippen LogP contribution in [0.3, 0.4) is 0 Å². The minimum absolute atomic E-state index is 0.130. The molecule has 0 radical (unpaired) electrons. The van der Waals surface area contributed by atoms with Crippen LogP contribution in [0.2, 0.25) is 0 Å². The van der Waals surface area contributed by atoms with Crippen molar-refractivity contribution in [1.29, 1.82) is 0 Å². The number of oxazole rings is 1. The zero-order valence-corrected chi connectivity index (χ0v) is 14.8. The second-order valence-corrected chi connectivity index (χ2v) is 6.59. The van der Waals surface area contributed by atoms with Crippen LogP contribution in [0, 0.1) is 6.92 Å². The molecule has 0 aliphatic heterocycles. The van der Waals surface area contributed by atoms with Gasteiger partial charge in [0.2, 0.25) is 11.8 Å². The van der Waals surface area contributed by atoms with Crippen molar-refractivity contribution in [3.8, 4) is 10.8 Å². The topological polar surface area (TPSA) is 73.0 Å². The molecule has 0 spiro atoms. The van der Waals surface area contributed by atoms with Crippen molar-refractivity contribution in [2.24, 2.45) is 0 Å². The summed E-state index contributed by atoms with van der Waals surface area (Å²) < 4.78 is 7.50. The van der Waals surface area contributed by atoms with Crippen molar-refractivity contribution in [2.75, 3.05) is 5.32 Å². The number of hydrogen-bond donors (Lipinski definition) is 1. The lowest BCUT2D eigenvalue weighted by atomic mass is 10.2. The number of amides is 1. The summed E-state index contributed by atoms with van der Waals surface area (Å²) in [6.45, 7) is 5.98. The summed E-state index contributed by atoms with van der Waals surface area (Å²) in [5, 5.41) is 9.15. The van der Waals surface area contributed by atoms with E-state index >= 15 is 0 Å². The maximum Gasteiger partial charge on any atom is 0.236 e. The van der Waals surface area contributed by atoms with E-state index < -0.39 is 0 Å². The Labute approximate surface area is 144 Å². The van der Waals surface area contributed by atoms with E-state index in [0.717, 1.165) is 11.3 Å². The van der Waals surface area contributed by atoms with Crippen LogP contribution in [-0.2, 0) is 11.2 Å². The molecule has 1 unspecified atom stereocenters. The molecule has 1 N–H and O–H groups in total. The van der Waals surface area contributed by atoms with E-state index in [4.69, 9.17) is 4.42 Å². The van der Waals surface area contributed by atoms with Gasteiger partial charge in [-0.3, -0.25) is 4.79 Å². The van der Waals surface area contributed by atoms with Gasteiger partial charge in [0.15, 0.2) is 0 Å². The van der Waals surface area contributed by atoms with Gasteiger partial charge in [0, 0.05) is 6.07 Å². The number of aromatic nitrogens is 3. The molecule has 3 heterocycles. The molecule has 0 saturated carbocycles. The van der Waals surface area contributed by atoms with Crippen LogP contribution < -0.4 is 5.32 Å². The largest absolute Gasteiger partial charge is 0.440 e. The quantitative estimate of drug-likeness (QED) is 0.732. The summed E-state index contributed by atoms with van der Waals surface area (Å²) >= 11 is 1.56. The van der Waals surface area contributed by atoms with Gasteiger partial charge in [-0.2, -0.15) is 5.10 Å². The van der Waals surface area contributed by atoms with Crippen molar-refractivity contribution in [3.05, 3.63) is 41.2 Å². The average Bonchev–Trinajstić information content (AvgIpc) is 3.28. The van der Waals surface area contributed by atoms with Gasteiger partial charge < -0.3 is 9.73 Å². The van der Waals surface area contributed by atoms with Gasteiger partial charge in [-0.05, 0) is 31.7 Å². The molecule has 1 amide bonds. The van der Waals surface area contributed by atoms with Gasteiger partial charge in [-0.15, -0.1) is 11.3 Å². The Balaban J connectivity index is 1.71. The van der Waals surface area contributed by atoms with E-state index in [1.807, 2.05) is 29.1 Å². The SMILES string of the molecule is CCC(C)n1nccc1NC(=O)Cc1nc(-c2cccs2)oc1C. The minimum atomic E-state index is -0.130. The first-order valence-electron chi connectivity index (χ1n) is 7.92. The number of carbonyl (C=O) groups excluding carboxylic acids is 1. The van der Waals surface area contributed by atoms with Crippen LogP contribution in [0.1, 0.15) is 37.8 Å². The lowest BCUT2D eigenvalue weighted by molar-refractivity contribution is -0.115. The summed E-state index contributed by atoms with van der Waals surface area (Å²) in [6, 6.07) is 5.93. The van der Waals surface area contributed by atoms with E-state index in [1.165, 1.54) is 0 Å². The first kappa shape index (κ1) is 16.4. The molecule has 3 aromatic heterocycles. The van der Waals surface area contributed by atoms with Gasteiger partial charge in [0.25, 0.3) is 0 Å². The highest BCUT2D eigenvalue weighted by Crippen LogP contribution is 2.26. The normalized spacial score (nSPS) is 12.3. The fourth-order valence-corrected chi connectivity index (χ4v) is 3.02. The molecule has 0 fully saturated rings. The number of hydrogen-bond acceptors (Lipinski definition) is 5. The molecule has 6 nitrogen and oxygen atoms in total. The standard InChI is InChI=1S/C17H20N4O2S/c1-4-11(2)21-15(7-8-18-21)20-16(22)10-13-12(3)23-17(19-13)14-6-5-9-24-14/h5-9,11H,4,10H2,1-3H3,(H,20,22). The second kappa shape index (κ2) is 7.00. The predicted octanol–water partition coefficient (Wildman–Crippen LogP) is 4.06. The summed E-state index contributed by atoms with van der Waals surface area (Å²) in [6.07, 6.45) is 2.81. The van der Waals surface area contributed by atoms with Crippen LogP contribution in [0.25, 0.3) is 10.8 Å². The van der Waals surface area contributed by atoms with Gasteiger partial charge in [0.05, 0.1) is 29.2 Å². The van der Waals surface area contributed by atoms with Crippen molar-refractivity contribution >= 4 is 23.1 Å². The van der Waals surface area contributed by atoms with E-state index in [-0.39, 0.29) is 18.4 Å². The Morgan fingerprint density at radius 1 is 1.46 bits per heavy atom.